The molecule has 2 aliphatic rings. The predicted molar refractivity (Wildman–Crippen MR) is 114 cm³/mol. The maximum absolute atomic E-state index is 6.00. The van der Waals surface area contributed by atoms with Crippen LogP contribution in [0.4, 0.5) is 0 Å². The quantitative estimate of drug-likeness (QED) is 0.672. The molecule has 4 rings (SSSR count). The fourth-order valence-electron chi connectivity index (χ4n) is 4.51. The van der Waals surface area contributed by atoms with E-state index in [1.807, 2.05) is 18.5 Å². The van der Waals surface area contributed by atoms with E-state index in [-0.39, 0.29) is 0 Å². The van der Waals surface area contributed by atoms with Gasteiger partial charge in [0, 0.05) is 25.5 Å². The lowest BCUT2D eigenvalue weighted by molar-refractivity contribution is 0.261. The summed E-state index contributed by atoms with van der Waals surface area (Å²) in [7, 11) is 0. The minimum atomic E-state index is 0.760. The summed E-state index contributed by atoms with van der Waals surface area (Å²) >= 11 is 0. The number of nitrogens with one attached hydrogen (secondary N) is 1. The van der Waals surface area contributed by atoms with Gasteiger partial charge in [0.2, 0.25) is 0 Å². The Morgan fingerprint density at radius 1 is 1.14 bits per heavy atom. The van der Waals surface area contributed by atoms with Crippen LogP contribution >= 0.6 is 0 Å². The van der Waals surface area contributed by atoms with Gasteiger partial charge in [-0.2, -0.15) is 0 Å². The zero-order chi connectivity index (χ0) is 19.0. The van der Waals surface area contributed by atoms with E-state index in [1.165, 1.54) is 62.9 Å². The SMILES string of the molecule is c1cncc(CNCCCOc2ccc3c(c2)CCC(CN2CCCC2)C3)c1. The molecule has 4 heteroatoms. The van der Waals surface area contributed by atoms with Crippen LogP contribution in [0, 0.1) is 5.92 Å². The first kappa shape index (κ1) is 19.4. The predicted octanol–water partition coefficient (Wildman–Crippen LogP) is 3.84. The minimum absolute atomic E-state index is 0.760. The number of likely N-dealkylation sites (tertiary alicyclic amines) is 1. The molecule has 1 aromatic heterocycles. The largest absolute Gasteiger partial charge is 0.494 e. The van der Waals surface area contributed by atoms with Crippen molar-refractivity contribution in [3.63, 3.8) is 0 Å². The van der Waals surface area contributed by atoms with E-state index in [9.17, 15) is 0 Å². The summed E-state index contributed by atoms with van der Waals surface area (Å²) < 4.78 is 6.00. The normalized spacial score (nSPS) is 19.5. The van der Waals surface area contributed by atoms with Gasteiger partial charge >= 0.3 is 0 Å². The third kappa shape index (κ3) is 5.55. The lowest BCUT2D eigenvalue weighted by Gasteiger charge is -2.28. The second-order valence-electron chi connectivity index (χ2n) is 8.29. The summed E-state index contributed by atoms with van der Waals surface area (Å²) in [6.07, 6.45) is 11.3. The smallest absolute Gasteiger partial charge is 0.119 e. The topological polar surface area (TPSA) is 37.4 Å². The van der Waals surface area contributed by atoms with Gasteiger partial charge in [-0.25, -0.2) is 0 Å². The first-order valence-electron chi connectivity index (χ1n) is 10.9. The maximum Gasteiger partial charge on any atom is 0.119 e. The van der Waals surface area contributed by atoms with Crippen LogP contribution < -0.4 is 10.1 Å². The number of aryl methyl sites for hydroxylation is 1. The Kier molecular flexibility index (Phi) is 6.96. The van der Waals surface area contributed by atoms with Crippen LogP contribution in [0.3, 0.4) is 0 Å². The minimum Gasteiger partial charge on any atom is -0.494 e. The van der Waals surface area contributed by atoms with E-state index in [0.717, 1.165) is 37.8 Å². The standard InChI is InChI=1S/C24H33N3O/c1-2-13-27(12-1)19-20-6-7-23-16-24(9-8-22(23)15-20)28-14-4-11-26-18-21-5-3-10-25-17-21/h3,5,8-10,16-17,20,26H,1-2,4,6-7,11-15,18-19H2. The van der Waals surface area contributed by atoms with Gasteiger partial charge in [0.05, 0.1) is 6.61 Å². The molecule has 150 valence electrons. The Labute approximate surface area is 169 Å². The molecule has 2 aromatic rings. The number of ether oxygens (including phenoxy) is 1. The summed E-state index contributed by atoms with van der Waals surface area (Å²) in [6, 6.07) is 10.8. The highest BCUT2D eigenvalue weighted by Gasteiger charge is 2.22. The third-order valence-corrected chi connectivity index (χ3v) is 6.04. The number of rotatable bonds is 9. The van der Waals surface area contributed by atoms with Gasteiger partial charge in [-0.1, -0.05) is 12.1 Å². The highest BCUT2D eigenvalue weighted by Crippen LogP contribution is 2.29. The van der Waals surface area contributed by atoms with Crippen molar-refractivity contribution in [2.24, 2.45) is 5.92 Å². The first-order chi connectivity index (χ1) is 13.9. The van der Waals surface area contributed by atoms with Gasteiger partial charge in [0.15, 0.2) is 0 Å². The lowest BCUT2D eigenvalue weighted by Crippen LogP contribution is -2.30. The Bertz CT molecular complexity index is 728. The number of aromatic nitrogens is 1. The Balaban J connectivity index is 1.16. The molecule has 2 heterocycles. The molecule has 4 nitrogen and oxygen atoms in total. The zero-order valence-electron chi connectivity index (χ0n) is 16.9. The number of hydrogen-bond donors (Lipinski definition) is 1. The van der Waals surface area contributed by atoms with Gasteiger partial charge in [0.1, 0.15) is 5.75 Å². The van der Waals surface area contributed by atoms with Crippen LogP contribution in [-0.4, -0.2) is 42.7 Å². The Morgan fingerprint density at radius 3 is 2.93 bits per heavy atom. The van der Waals surface area contributed by atoms with E-state index in [0.29, 0.717) is 0 Å². The summed E-state index contributed by atoms with van der Waals surface area (Å²) in [6.45, 7) is 6.50. The number of pyridine rings is 1. The Hall–Kier alpha value is -1.91. The first-order valence-corrected chi connectivity index (χ1v) is 10.9. The number of hydrogen-bond acceptors (Lipinski definition) is 4. The molecule has 1 unspecified atom stereocenters. The fourth-order valence-corrected chi connectivity index (χ4v) is 4.51. The van der Waals surface area contributed by atoms with Gasteiger partial charge < -0.3 is 15.0 Å². The third-order valence-electron chi connectivity index (χ3n) is 6.04. The molecule has 1 N–H and O–H groups in total. The highest BCUT2D eigenvalue weighted by molar-refractivity contribution is 5.37. The molecular weight excluding hydrogens is 346 g/mol. The van der Waals surface area contributed by atoms with Crippen LogP contribution in [0.2, 0.25) is 0 Å². The van der Waals surface area contributed by atoms with Crippen LogP contribution in [0.25, 0.3) is 0 Å². The molecule has 1 fully saturated rings. The van der Waals surface area contributed by atoms with Gasteiger partial charge in [0.25, 0.3) is 0 Å². The molecule has 1 saturated heterocycles. The molecule has 0 spiro atoms. The summed E-state index contributed by atoms with van der Waals surface area (Å²) in [5.74, 6) is 1.87. The van der Waals surface area contributed by atoms with Crippen molar-refractivity contribution in [3.05, 3.63) is 59.4 Å². The molecule has 0 amide bonds. The summed E-state index contributed by atoms with van der Waals surface area (Å²) in [5.41, 5.74) is 4.27. The van der Waals surface area contributed by atoms with Crippen LogP contribution in [0.15, 0.2) is 42.7 Å². The van der Waals surface area contributed by atoms with Crippen LogP contribution in [0.1, 0.15) is 42.4 Å². The monoisotopic (exact) mass is 379 g/mol. The molecule has 1 atom stereocenters. The average Bonchev–Trinajstić information content (AvgIpc) is 3.24. The highest BCUT2D eigenvalue weighted by atomic mass is 16.5. The van der Waals surface area contributed by atoms with Crippen molar-refractivity contribution >= 4 is 0 Å². The van der Waals surface area contributed by atoms with E-state index < -0.39 is 0 Å². The van der Waals surface area contributed by atoms with Crippen molar-refractivity contribution in [3.8, 4) is 5.75 Å². The van der Waals surface area contributed by atoms with Crippen LogP contribution in [0.5, 0.6) is 5.75 Å². The van der Waals surface area contributed by atoms with Crippen molar-refractivity contribution in [2.45, 2.75) is 45.1 Å². The van der Waals surface area contributed by atoms with Crippen LogP contribution in [-0.2, 0) is 19.4 Å². The van der Waals surface area contributed by atoms with E-state index in [1.54, 1.807) is 5.56 Å². The van der Waals surface area contributed by atoms with E-state index in [4.69, 9.17) is 4.74 Å². The molecule has 0 bridgehead atoms. The van der Waals surface area contributed by atoms with Gasteiger partial charge in [-0.3, -0.25) is 4.98 Å². The molecule has 0 radical (unpaired) electrons. The number of benzene rings is 1. The average molecular weight is 380 g/mol. The summed E-state index contributed by atoms with van der Waals surface area (Å²) in [4.78, 5) is 6.80. The maximum atomic E-state index is 6.00. The fraction of sp³-hybridized carbons (Fsp3) is 0.542. The van der Waals surface area contributed by atoms with Gasteiger partial charge in [-0.15, -0.1) is 0 Å². The van der Waals surface area contributed by atoms with Crippen molar-refractivity contribution < 1.29 is 4.74 Å². The second kappa shape index (κ2) is 10.0. The molecule has 1 aliphatic heterocycles. The molecule has 1 aromatic carbocycles. The molecule has 0 saturated carbocycles. The van der Waals surface area contributed by atoms with Crippen molar-refractivity contribution in [1.82, 2.24) is 15.2 Å². The van der Waals surface area contributed by atoms with Gasteiger partial charge in [-0.05, 0) is 99.0 Å². The Morgan fingerprint density at radius 2 is 2.07 bits per heavy atom. The van der Waals surface area contributed by atoms with Crippen molar-refractivity contribution in [1.29, 1.82) is 0 Å². The second-order valence-corrected chi connectivity index (χ2v) is 8.29. The number of nitrogens with zero attached hydrogens (tertiary/aromatic N) is 2. The lowest BCUT2D eigenvalue weighted by atomic mass is 9.83. The molecule has 28 heavy (non-hydrogen) atoms. The van der Waals surface area contributed by atoms with E-state index in [2.05, 4.69) is 39.5 Å². The van der Waals surface area contributed by atoms with Crippen molar-refractivity contribution in [2.75, 3.05) is 32.8 Å². The zero-order valence-corrected chi connectivity index (χ0v) is 16.9. The van der Waals surface area contributed by atoms with E-state index >= 15 is 0 Å². The molecule has 1 aliphatic carbocycles. The molecular formula is C24H33N3O. The summed E-state index contributed by atoms with van der Waals surface area (Å²) in [5, 5.41) is 3.45. The number of fused-ring (bicyclic) bond motifs is 1.